The summed E-state index contributed by atoms with van der Waals surface area (Å²) < 4.78 is 22.3. The quantitative estimate of drug-likeness (QED) is 0.0185. The van der Waals surface area contributed by atoms with Crippen molar-refractivity contribution in [2.75, 3.05) is 58.0 Å². The fourth-order valence-electron chi connectivity index (χ4n) is 7.16. The third-order valence-corrected chi connectivity index (χ3v) is 10.3. The topological polar surface area (TPSA) is 245 Å². The number of hydrogen-bond donors (Lipinski definition) is 5. The Bertz CT molecular complexity index is 2340. The summed E-state index contributed by atoms with van der Waals surface area (Å²) in [6.07, 6.45) is 4.28. The first-order valence-corrected chi connectivity index (χ1v) is 20.4. The number of nitrogens with zero attached hydrogens (tertiary/aromatic N) is 4. The molecule has 5 rings (SSSR count). The number of amides is 4. The maximum Gasteiger partial charge on any atom is 0.312 e. The van der Waals surface area contributed by atoms with Crippen LogP contribution in [0.4, 0.5) is 10.5 Å². The van der Waals surface area contributed by atoms with E-state index in [1.807, 2.05) is 56.6 Å². The molecule has 6 N–H and O–H groups in total. The monoisotopic (exact) mass is 837 g/mol. The van der Waals surface area contributed by atoms with Crippen LogP contribution in [0, 0.1) is 25.7 Å². The maximum atomic E-state index is 13.7. The van der Waals surface area contributed by atoms with E-state index in [0.29, 0.717) is 38.5 Å². The number of ether oxygens (including phenoxy) is 4. The van der Waals surface area contributed by atoms with Gasteiger partial charge in [-0.05, 0) is 96.6 Å². The first kappa shape index (κ1) is 45.8. The van der Waals surface area contributed by atoms with Gasteiger partial charge in [0.1, 0.15) is 19.0 Å². The minimum atomic E-state index is -0.852. The summed E-state index contributed by atoms with van der Waals surface area (Å²) in [6.45, 7) is 9.68. The zero-order chi connectivity index (χ0) is 43.7. The number of fused-ring (bicyclic) bond motifs is 4. The number of carbonyl (C=O) groups is 4. The standard InChI is InChI=1S/C44H55N9O8/c1-27(2)41(52-39(55)26-60-21-20-59-19-18-58-17-16-49-53-46)38(54)22-31(6-5-14-48-44(45)57)43(56)50-32-9-7-30(8-10-32)25-61-33-11-12-37-35(23-33)40-28(3)36-24-47-15-13-34(36)29(4)42(40)51-37/h7-13,15,23-24,27,31,41,51H,5-6,14,16-22,25-26H2,1-4H3,(H,50,56)(H,52,55)(H3,45,48,57). The van der Waals surface area contributed by atoms with Crippen molar-refractivity contribution in [3.8, 4) is 5.75 Å². The number of aromatic nitrogens is 2. The Morgan fingerprint density at radius 1 is 0.918 bits per heavy atom. The number of Topliss-reactive ketones (excluding diaryl/α,β-unsaturated/α-hetero) is 1. The Morgan fingerprint density at radius 3 is 2.38 bits per heavy atom. The van der Waals surface area contributed by atoms with E-state index in [2.05, 4.69) is 55.9 Å². The smallest absolute Gasteiger partial charge is 0.312 e. The van der Waals surface area contributed by atoms with Gasteiger partial charge in [0, 0.05) is 70.1 Å². The number of aromatic amines is 1. The van der Waals surface area contributed by atoms with Crippen molar-refractivity contribution in [1.29, 1.82) is 0 Å². The molecule has 0 aliphatic heterocycles. The molecule has 2 heterocycles. The largest absolute Gasteiger partial charge is 0.489 e. The Kier molecular flexibility index (Phi) is 17.2. The highest BCUT2D eigenvalue weighted by Crippen LogP contribution is 2.37. The number of hydrogen-bond acceptors (Lipinski definition) is 10. The van der Waals surface area contributed by atoms with Gasteiger partial charge in [0.15, 0.2) is 5.78 Å². The van der Waals surface area contributed by atoms with E-state index in [-0.39, 0.29) is 63.4 Å². The summed E-state index contributed by atoms with van der Waals surface area (Å²) in [7, 11) is 0. The molecular formula is C44H55N9O8. The zero-order valence-electron chi connectivity index (χ0n) is 35.1. The lowest BCUT2D eigenvalue weighted by Crippen LogP contribution is -2.47. The molecule has 2 unspecified atom stereocenters. The first-order chi connectivity index (χ1) is 29.5. The number of primary amides is 1. The number of H-pyrrole nitrogens is 1. The van der Waals surface area contributed by atoms with E-state index in [1.54, 1.807) is 12.1 Å². The maximum absolute atomic E-state index is 13.7. The van der Waals surface area contributed by atoms with Crippen LogP contribution in [0.1, 0.15) is 49.8 Å². The molecule has 2 atom stereocenters. The number of carbonyl (C=O) groups excluding carboxylic acids is 4. The minimum absolute atomic E-state index is 0.135. The van der Waals surface area contributed by atoms with Crippen LogP contribution in [-0.4, -0.2) is 92.4 Å². The number of azide groups is 1. The fourth-order valence-corrected chi connectivity index (χ4v) is 7.16. The van der Waals surface area contributed by atoms with Crippen molar-refractivity contribution in [3.05, 3.63) is 88.1 Å². The molecule has 0 bridgehead atoms. The Morgan fingerprint density at radius 2 is 1.66 bits per heavy atom. The number of pyridine rings is 1. The summed E-state index contributed by atoms with van der Waals surface area (Å²) in [6, 6.07) is 13.8. The van der Waals surface area contributed by atoms with Crippen LogP contribution in [0.25, 0.3) is 43.0 Å². The Labute approximate surface area is 354 Å². The minimum Gasteiger partial charge on any atom is -0.489 e. The van der Waals surface area contributed by atoms with Gasteiger partial charge >= 0.3 is 6.03 Å². The highest BCUT2D eigenvalue weighted by atomic mass is 16.5. The van der Waals surface area contributed by atoms with Crippen LogP contribution in [0.2, 0.25) is 0 Å². The van der Waals surface area contributed by atoms with Crippen LogP contribution >= 0.6 is 0 Å². The number of ketones is 1. The Hall–Kier alpha value is -6.26. The van der Waals surface area contributed by atoms with Crippen molar-refractivity contribution in [2.45, 2.75) is 59.6 Å². The molecule has 2 aromatic heterocycles. The van der Waals surface area contributed by atoms with Crippen LogP contribution in [-0.2, 0) is 35.2 Å². The molecule has 0 saturated carbocycles. The van der Waals surface area contributed by atoms with E-state index < -0.39 is 23.9 Å². The molecule has 0 radical (unpaired) electrons. The van der Waals surface area contributed by atoms with E-state index in [0.717, 1.165) is 44.1 Å². The number of aryl methyl sites for hydroxylation is 2. The molecule has 324 valence electrons. The summed E-state index contributed by atoms with van der Waals surface area (Å²) in [5.74, 6) is -1.43. The lowest BCUT2D eigenvalue weighted by Gasteiger charge is -2.24. The summed E-state index contributed by atoms with van der Waals surface area (Å²) in [5.41, 5.74) is 19.4. The normalized spacial score (nSPS) is 12.3. The molecule has 0 saturated heterocycles. The molecule has 0 aliphatic carbocycles. The van der Waals surface area contributed by atoms with Gasteiger partial charge in [-0.2, -0.15) is 0 Å². The molecule has 4 amide bonds. The van der Waals surface area contributed by atoms with Gasteiger partial charge in [-0.25, -0.2) is 4.79 Å². The number of nitrogens with two attached hydrogens (primary N) is 1. The van der Waals surface area contributed by atoms with Gasteiger partial charge in [-0.3, -0.25) is 19.4 Å². The van der Waals surface area contributed by atoms with E-state index in [1.165, 1.54) is 10.9 Å². The number of rotatable bonds is 25. The van der Waals surface area contributed by atoms with Crippen LogP contribution in [0.15, 0.2) is 66.0 Å². The second-order valence-electron chi connectivity index (χ2n) is 15.1. The van der Waals surface area contributed by atoms with Crippen molar-refractivity contribution in [1.82, 2.24) is 20.6 Å². The number of anilines is 1. The van der Waals surface area contributed by atoms with Crippen molar-refractivity contribution < 1.29 is 38.1 Å². The molecule has 17 nitrogen and oxygen atoms in total. The summed E-state index contributed by atoms with van der Waals surface area (Å²) in [5, 5.41) is 16.1. The zero-order valence-corrected chi connectivity index (χ0v) is 35.1. The van der Waals surface area contributed by atoms with Crippen LogP contribution in [0.3, 0.4) is 0 Å². The second-order valence-corrected chi connectivity index (χ2v) is 15.1. The molecule has 17 heteroatoms. The predicted octanol–water partition coefficient (Wildman–Crippen LogP) is 6.53. The number of benzene rings is 3. The average Bonchev–Trinajstić information content (AvgIpc) is 3.64. The van der Waals surface area contributed by atoms with Gasteiger partial charge in [0.2, 0.25) is 11.8 Å². The van der Waals surface area contributed by atoms with Gasteiger partial charge in [-0.1, -0.05) is 31.1 Å². The summed E-state index contributed by atoms with van der Waals surface area (Å²) in [4.78, 5) is 61.9. The molecule has 0 aliphatic rings. The molecule has 0 spiro atoms. The lowest BCUT2D eigenvalue weighted by molar-refractivity contribution is -0.133. The SMILES string of the molecule is Cc1c2ccncc2c(C)c2c1[nH]c1ccc(OCc3ccc(NC(=O)C(CCCNC(N)=O)CC(=O)C(NC(=O)COCCOCCOCCN=[N+]=[N-])C(C)C)cc3)cc12. The predicted molar refractivity (Wildman–Crippen MR) is 233 cm³/mol. The third kappa shape index (κ3) is 13.1. The van der Waals surface area contributed by atoms with Gasteiger partial charge < -0.3 is 45.6 Å². The van der Waals surface area contributed by atoms with Gasteiger partial charge in [0.05, 0.1) is 44.6 Å². The van der Waals surface area contributed by atoms with Crippen molar-refractivity contribution in [3.63, 3.8) is 0 Å². The first-order valence-electron chi connectivity index (χ1n) is 20.4. The fraction of sp³-hybridized carbons (Fsp3) is 0.432. The number of nitrogens with one attached hydrogen (secondary N) is 4. The molecule has 3 aromatic carbocycles. The Balaban J connectivity index is 1.14. The van der Waals surface area contributed by atoms with Crippen LogP contribution < -0.4 is 26.4 Å². The van der Waals surface area contributed by atoms with Gasteiger partial charge in [-0.15, -0.1) is 0 Å². The summed E-state index contributed by atoms with van der Waals surface area (Å²) >= 11 is 0. The van der Waals surface area contributed by atoms with Crippen molar-refractivity contribution in [2.24, 2.45) is 22.7 Å². The van der Waals surface area contributed by atoms with Crippen LogP contribution in [0.5, 0.6) is 5.75 Å². The molecule has 5 aromatic rings. The highest BCUT2D eigenvalue weighted by molar-refractivity contribution is 6.16. The van der Waals surface area contributed by atoms with Crippen molar-refractivity contribution >= 4 is 61.9 Å². The highest BCUT2D eigenvalue weighted by Gasteiger charge is 2.29. The van der Waals surface area contributed by atoms with E-state index in [9.17, 15) is 19.2 Å². The molecular weight excluding hydrogens is 783 g/mol. The number of urea groups is 1. The third-order valence-electron chi connectivity index (χ3n) is 10.3. The second kappa shape index (κ2) is 22.9. The lowest BCUT2D eigenvalue weighted by atomic mass is 9.89. The van der Waals surface area contributed by atoms with E-state index >= 15 is 0 Å². The average molecular weight is 838 g/mol. The molecule has 0 fully saturated rings. The molecule has 61 heavy (non-hydrogen) atoms. The van der Waals surface area contributed by atoms with Gasteiger partial charge in [0.25, 0.3) is 0 Å². The van der Waals surface area contributed by atoms with E-state index in [4.69, 9.17) is 30.2 Å².